The number of benzene rings is 1. The maximum Gasteiger partial charge on any atom is 0.306 e. The van der Waals surface area contributed by atoms with Gasteiger partial charge in [-0.15, -0.1) is 0 Å². The number of esters is 1. The summed E-state index contributed by atoms with van der Waals surface area (Å²) >= 11 is 0. The highest BCUT2D eigenvalue weighted by molar-refractivity contribution is 5.71. The van der Waals surface area contributed by atoms with Gasteiger partial charge in [-0.3, -0.25) is 4.79 Å². The molecule has 0 aliphatic heterocycles. The second kappa shape index (κ2) is 5.42. The molecule has 0 unspecified atom stereocenters. The highest BCUT2D eigenvalue weighted by Crippen LogP contribution is 2.43. The molecule has 18 heavy (non-hydrogen) atoms. The van der Waals surface area contributed by atoms with Crippen LogP contribution in [0.4, 0.5) is 0 Å². The molecule has 0 atom stereocenters. The van der Waals surface area contributed by atoms with E-state index in [1.165, 1.54) is 13.5 Å². The van der Waals surface area contributed by atoms with Gasteiger partial charge in [0.1, 0.15) is 5.75 Å². The first-order chi connectivity index (χ1) is 8.66. The zero-order valence-corrected chi connectivity index (χ0v) is 10.8. The summed E-state index contributed by atoms with van der Waals surface area (Å²) in [7, 11) is 1.43. The van der Waals surface area contributed by atoms with Crippen molar-refractivity contribution in [3.05, 3.63) is 29.8 Å². The fraction of sp³-hybridized carbons (Fsp3) is 0.533. The topological polar surface area (TPSA) is 46.5 Å². The minimum absolute atomic E-state index is 0.149. The summed E-state index contributed by atoms with van der Waals surface area (Å²) in [6.07, 6.45) is 5.88. The number of carbonyl (C=O) groups excluding carboxylic acids is 1. The van der Waals surface area contributed by atoms with Crippen molar-refractivity contribution in [2.45, 2.75) is 43.9 Å². The van der Waals surface area contributed by atoms with Crippen LogP contribution < -0.4 is 0 Å². The van der Waals surface area contributed by atoms with Gasteiger partial charge >= 0.3 is 5.97 Å². The predicted octanol–water partition coefficient (Wildman–Crippen LogP) is 3.16. The smallest absolute Gasteiger partial charge is 0.306 e. The van der Waals surface area contributed by atoms with Crippen LogP contribution in [0, 0.1) is 0 Å². The predicted molar refractivity (Wildman–Crippen MR) is 69.5 cm³/mol. The summed E-state index contributed by atoms with van der Waals surface area (Å²) < 4.78 is 4.83. The van der Waals surface area contributed by atoms with Crippen LogP contribution in [0.2, 0.25) is 0 Å². The molecular formula is C15H20O3. The lowest BCUT2D eigenvalue weighted by molar-refractivity contribution is -0.142. The van der Waals surface area contributed by atoms with Crippen molar-refractivity contribution in [3.63, 3.8) is 0 Å². The van der Waals surface area contributed by atoms with E-state index >= 15 is 0 Å². The van der Waals surface area contributed by atoms with Gasteiger partial charge < -0.3 is 9.84 Å². The first-order valence-corrected chi connectivity index (χ1v) is 6.53. The number of hydrogen-bond acceptors (Lipinski definition) is 3. The van der Waals surface area contributed by atoms with E-state index in [1.807, 2.05) is 12.1 Å². The molecule has 0 aromatic heterocycles. The Morgan fingerprint density at radius 1 is 1.33 bits per heavy atom. The van der Waals surface area contributed by atoms with E-state index < -0.39 is 0 Å². The van der Waals surface area contributed by atoms with Crippen molar-refractivity contribution in [2.24, 2.45) is 0 Å². The average Bonchev–Trinajstić information content (AvgIpc) is 2.39. The summed E-state index contributed by atoms with van der Waals surface area (Å²) in [5.74, 6) is 0.0996. The Bertz CT molecular complexity index is 420. The summed E-state index contributed by atoms with van der Waals surface area (Å²) in [5.41, 5.74) is 0.914. The molecule has 1 aliphatic carbocycles. The average molecular weight is 248 g/mol. The van der Waals surface area contributed by atoms with E-state index in [9.17, 15) is 9.90 Å². The van der Waals surface area contributed by atoms with E-state index in [0.717, 1.165) is 31.2 Å². The minimum atomic E-state index is -0.166. The Morgan fingerprint density at radius 2 is 2.06 bits per heavy atom. The molecule has 98 valence electrons. The molecule has 3 heteroatoms. The molecule has 1 fully saturated rings. The lowest BCUT2D eigenvalue weighted by Gasteiger charge is -2.37. The van der Waals surface area contributed by atoms with Gasteiger partial charge in [0.05, 0.1) is 13.5 Å². The largest absolute Gasteiger partial charge is 0.508 e. The fourth-order valence-electron chi connectivity index (χ4n) is 2.98. The summed E-state index contributed by atoms with van der Waals surface area (Å²) in [4.78, 5) is 11.7. The van der Waals surface area contributed by atoms with E-state index in [0.29, 0.717) is 6.42 Å². The molecule has 0 saturated heterocycles. The van der Waals surface area contributed by atoms with Crippen molar-refractivity contribution in [1.82, 2.24) is 0 Å². The van der Waals surface area contributed by atoms with Crippen molar-refractivity contribution >= 4 is 5.97 Å². The fourth-order valence-corrected chi connectivity index (χ4v) is 2.98. The number of carbonyl (C=O) groups is 1. The van der Waals surface area contributed by atoms with Crippen molar-refractivity contribution < 1.29 is 14.6 Å². The van der Waals surface area contributed by atoms with Crippen LogP contribution in [0.1, 0.15) is 44.1 Å². The summed E-state index contributed by atoms with van der Waals surface area (Å²) in [6, 6.07) is 7.30. The Morgan fingerprint density at radius 3 is 2.67 bits per heavy atom. The Balaban J connectivity index is 2.31. The number of aromatic hydroxyl groups is 1. The van der Waals surface area contributed by atoms with E-state index in [2.05, 4.69) is 0 Å². The molecule has 1 aromatic rings. The second-order valence-electron chi connectivity index (χ2n) is 5.14. The zero-order valence-electron chi connectivity index (χ0n) is 10.8. The van der Waals surface area contributed by atoms with Gasteiger partial charge in [0.25, 0.3) is 0 Å². The molecule has 1 aliphatic rings. The van der Waals surface area contributed by atoms with Gasteiger partial charge in [-0.1, -0.05) is 31.4 Å². The molecule has 1 aromatic carbocycles. The van der Waals surface area contributed by atoms with Gasteiger partial charge in [-0.2, -0.15) is 0 Å². The molecule has 2 rings (SSSR count). The Labute approximate surface area is 108 Å². The SMILES string of the molecule is COC(=O)CC1(c2cccc(O)c2)CCCCC1. The zero-order chi connectivity index (χ0) is 13.0. The van der Waals surface area contributed by atoms with Crippen molar-refractivity contribution in [1.29, 1.82) is 0 Å². The third kappa shape index (κ3) is 2.66. The molecule has 0 heterocycles. The molecular weight excluding hydrogens is 228 g/mol. The molecule has 0 radical (unpaired) electrons. The van der Waals surface area contributed by atoms with Crippen molar-refractivity contribution in [3.8, 4) is 5.75 Å². The van der Waals surface area contributed by atoms with Gasteiger partial charge in [0, 0.05) is 5.41 Å². The first-order valence-electron chi connectivity index (χ1n) is 6.53. The monoisotopic (exact) mass is 248 g/mol. The number of rotatable bonds is 3. The Hall–Kier alpha value is -1.51. The van der Waals surface area contributed by atoms with Crippen LogP contribution in [-0.4, -0.2) is 18.2 Å². The van der Waals surface area contributed by atoms with Crippen molar-refractivity contribution in [2.75, 3.05) is 7.11 Å². The van der Waals surface area contributed by atoms with Crippen LogP contribution in [0.15, 0.2) is 24.3 Å². The molecule has 0 spiro atoms. The first kappa shape index (κ1) is 12.9. The quantitative estimate of drug-likeness (QED) is 0.836. The second-order valence-corrected chi connectivity index (χ2v) is 5.14. The van der Waals surface area contributed by atoms with Crippen LogP contribution in [-0.2, 0) is 14.9 Å². The third-order valence-corrected chi connectivity index (χ3v) is 3.98. The molecule has 3 nitrogen and oxygen atoms in total. The highest BCUT2D eigenvalue weighted by Gasteiger charge is 2.36. The number of phenolic OH excluding ortho intramolecular Hbond substituents is 1. The van der Waals surface area contributed by atoms with Crippen LogP contribution in [0.3, 0.4) is 0 Å². The molecule has 0 amide bonds. The van der Waals surface area contributed by atoms with E-state index in [1.54, 1.807) is 12.1 Å². The summed E-state index contributed by atoms with van der Waals surface area (Å²) in [5, 5.41) is 9.63. The standard InChI is InChI=1S/C15H20O3/c1-18-14(17)11-15(8-3-2-4-9-15)12-6-5-7-13(16)10-12/h5-7,10,16H,2-4,8-9,11H2,1H3. The lowest BCUT2D eigenvalue weighted by Crippen LogP contribution is -2.32. The normalized spacial score (nSPS) is 18.3. The molecule has 1 saturated carbocycles. The van der Waals surface area contributed by atoms with Gasteiger partial charge in [-0.25, -0.2) is 0 Å². The number of ether oxygens (including phenoxy) is 1. The number of methoxy groups -OCH3 is 1. The lowest BCUT2D eigenvalue weighted by atomic mass is 9.67. The maximum atomic E-state index is 11.7. The van der Waals surface area contributed by atoms with Gasteiger partial charge in [0.2, 0.25) is 0 Å². The van der Waals surface area contributed by atoms with Gasteiger partial charge in [-0.05, 0) is 30.5 Å². The molecule has 0 bridgehead atoms. The highest BCUT2D eigenvalue weighted by atomic mass is 16.5. The van der Waals surface area contributed by atoms with Crippen LogP contribution >= 0.6 is 0 Å². The van der Waals surface area contributed by atoms with Gasteiger partial charge in [0.15, 0.2) is 0 Å². The maximum absolute atomic E-state index is 11.7. The van der Waals surface area contributed by atoms with Crippen LogP contribution in [0.5, 0.6) is 5.75 Å². The summed E-state index contributed by atoms with van der Waals surface area (Å²) in [6.45, 7) is 0. The van der Waals surface area contributed by atoms with Crippen LogP contribution in [0.25, 0.3) is 0 Å². The molecule has 1 N–H and O–H groups in total. The Kier molecular flexibility index (Phi) is 3.90. The number of phenols is 1. The van der Waals surface area contributed by atoms with E-state index in [-0.39, 0.29) is 17.1 Å². The number of hydrogen-bond donors (Lipinski definition) is 1. The third-order valence-electron chi connectivity index (χ3n) is 3.98. The minimum Gasteiger partial charge on any atom is -0.508 e. The van der Waals surface area contributed by atoms with E-state index in [4.69, 9.17) is 4.74 Å².